The third-order valence-corrected chi connectivity index (χ3v) is 4.21. The topological polar surface area (TPSA) is 71.2 Å². The van der Waals surface area contributed by atoms with Crippen LogP contribution >= 0.6 is 11.3 Å². The first-order chi connectivity index (χ1) is 10.1. The Labute approximate surface area is 126 Å². The van der Waals surface area contributed by atoms with Crippen LogP contribution in [0.3, 0.4) is 0 Å². The highest BCUT2D eigenvalue weighted by Crippen LogP contribution is 2.25. The Balaban J connectivity index is 1.68. The van der Waals surface area contributed by atoms with Crippen LogP contribution in [0, 0.1) is 0 Å². The Morgan fingerprint density at radius 2 is 2.05 bits per heavy atom. The lowest BCUT2D eigenvalue weighted by Gasteiger charge is -2.21. The van der Waals surface area contributed by atoms with Crippen molar-refractivity contribution in [2.45, 2.75) is 12.5 Å². The van der Waals surface area contributed by atoms with Crippen LogP contribution in [0.5, 0.6) is 0 Å². The van der Waals surface area contributed by atoms with E-state index < -0.39 is 5.60 Å². The first kappa shape index (κ1) is 13.8. The minimum atomic E-state index is -0.971. The molecule has 0 aliphatic carbocycles. The van der Waals surface area contributed by atoms with E-state index in [0.717, 1.165) is 10.4 Å². The zero-order valence-corrected chi connectivity index (χ0v) is 12.3. The summed E-state index contributed by atoms with van der Waals surface area (Å²) in [7, 11) is 0. The quantitative estimate of drug-likeness (QED) is 0.757. The molecule has 0 spiro atoms. The van der Waals surface area contributed by atoms with Crippen LogP contribution in [-0.4, -0.2) is 21.8 Å². The van der Waals surface area contributed by atoms with Crippen LogP contribution < -0.4 is 5.32 Å². The average Bonchev–Trinajstić information content (AvgIpc) is 3.18. The molecule has 0 bridgehead atoms. The fraction of sp³-hybridized carbons (Fsp3) is 0.200. The van der Waals surface area contributed by atoms with Gasteiger partial charge in [0.05, 0.1) is 6.54 Å². The molecule has 3 rings (SSSR count). The molecule has 2 heterocycles. The van der Waals surface area contributed by atoms with Crippen molar-refractivity contribution in [2.75, 3.05) is 11.9 Å². The van der Waals surface area contributed by atoms with E-state index in [1.807, 2.05) is 47.8 Å². The van der Waals surface area contributed by atoms with E-state index in [1.54, 1.807) is 6.92 Å². The Morgan fingerprint density at radius 1 is 1.24 bits per heavy atom. The largest absolute Gasteiger partial charge is 0.383 e. The number of benzene rings is 1. The van der Waals surface area contributed by atoms with Crippen LogP contribution in [0.1, 0.15) is 11.8 Å². The van der Waals surface area contributed by atoms with Crippen LogP contribution in [0.4, 0.5) is 5.95 Å². The number of anilines is 1. The third kappa shape index (κ3) is 3.12. The van der Waals surface area contributed by atoms with Gasteiger partial charge in [-0.05, 0) is 35.7 Å². The normalized spacial score (nSPS) is 13.8. The van der Waals surface area contributed by atoms with Crippen molar-refractivity contribution >= 4 is 17.3 Å². The molecule has 1 unspecified atom stereocenters. The van der Waals surface area contributed by atoms with E-state index in [4.69, 9.17) is 4.52 Å². The van der Waals surface area contributed by atoms with Gasteiger partial charge in [0.25, 0.3) is 11.8 Å². The lowest BCUT2D eigenvalue weighted by Crippen LogP contribution is -2.30. The SMILES string of the molecule is CC(O)(CNc1noc(-c2ccccc2)n1)c1cccs1. The minimum absolute atomic E-state index is 0.307. The molecule has 3 aromatic rings. The number of aromatic nitrogens is 2. The number of aliphatic hydroxyl groups is 1. The first-order valence-electron chi connectivity index (χ1n) is 6.54. The number of nitrogens with one attached hydrogen (secondary N) is 1. The number of hydrogen-bond acceptors (Lipinski definition) is 6. The van der Waals surface area contributed by atoms with Gasteiger partial charge in [-0.1, -0.05) is 24.3 Å². The first-order valence-corrected chi connectivity index (χ1v) is 7.42. The van der Waals surface area contributed by atoms with E-state index >= 15 is 0 Å². The van der Waals surface area contributed by atoms with Gasteiger partial charge in [-0.25, -0.2) is 0 Å². The second-order valence-electron chi connectivity index (χ2n) is 4.89. The number of rotatable bonds is 5. The summed E-state index contributed by atoms with van der Waals surface area (Å²) < 4.78 is 5.20. The summed E-state index contributed by atoms with van der Waals surface area (Å²) in [6, 6.07) is 13.4. The zero-order chi connectivity index (χ0) is 14.7. The summed E-state index contributed by atoms with van der Waals surface area (Å²) in [5, 5.41) is 19.2. The lowest BCUT2D eigenvalue weighted by atomic mass is 10.1. The summed E-state index contributed by atoms with van der Waals surface area (Å²) >= 11 is 1.51. The highest BCUT2D eigenvalue weighted by atomic mass is 32.1. The highest BCUT2D eigenvalue weighted by Gasteiger charge is 2.24. The van der Waals surface area contributed by atoms with Gasteiger partial charge in [0.15, 0.2) is 0 Å². The predicted molar refractivity (Wildman–Crippen MR) is 82.1 cm³/mol. The third-order valence-electron chi connectivity index (χ3n) is 3.09. The van der Waals surface area contributed by atoms with Gasteiger partial charge in [-0.2, -0.15) is 4.98 Å². The summed E-state index contributed by atoms with van der Waals surface area (Å²) in [5.41, 5.74) is -0.107. The molecule has 6 heteroatoms. The Bertz CT molecular complexity index is 693. The molecule has 108 valence electrons. The van der Waals surface area contributed by atoms with Crippen molar-refractivity contribution in [1.29, 1.82) is 0 Å². The maximum absolute atomic E-state index is 10.4. The van der Waals surface area contributed by atoms with E-state index in [2.05, 4.69) is 15.5 Å². The monoisotopic (exact) mass is 301 g/mol. The number of thiophene rings is 1. The molecular formula is C15H15N3O2S. The number of hydrogen-bond donors (Lipinski definition) is 2. The maximum atomic E-state index is 10.4. The summed E-state index contributed by atoms with van der Waals surface area (Å²) in [4.78, 5) is 5.16. The van der Waals surface area contributed by atoms with Crippen molar-refractivity contribution in [1.82, 2.24) is 10.1 Å². The van der Waals surface area contributed by atoms with Crippen LogP contribution in [0.25, 0.3) is 11.5 Å². The summed E-state index contributed by atoms with van der Waals surface area (Å²) in [6.45, 7) is 2.06. The van der Waals surface area contributed by atoms with Crippen LogP contribution in [0.15, 0.2) is 52.4 Å². The van der Waals surface area contributed by atoms with Gasteiger partial charge in [0.1, 0.15) is 5.60 Å². The molecule has 2 aromatic heterocycles. The van der Waals surface area contributed by atoms with E-state index in [-0.39, 0.29) is 0 Å². The van der Waals surface area contributed by atoms with Crippen molar-refractivity contribution in [3.63, 3.8) is 0 Å². The van der Waals surface area contributed by atoms with E-state index in [0.29, 0.717) is 18.4 Å². The van der Waals surface area contributed by atoms with Crippen LogP contribution in [0.2, 0.25) is 0 Å². The molecule has 0 fully saturated rings. The molecular weight excluding hydrogens is 286 g/mol. The molecule has 0 aliphatic heterocycles. The van der Waals surface area contributed by atoms with Crippen molar-refractivity contribution in [2.24, 2.45) is 0 Å². The van der Waals surface area contributed by atoms with E-state index in [9.17, 15) is 5.11 Å². The fourth-order valence-electron chi connectivity index (χ4n) is 1.92. The Kier molecular flexibility index (Phi) is 3.72. The Hall–Kier alpha value is -2.18. The van der Waals surface area contributed by atoms with Gasteiger partial charge >= 0.3 is 0 Å². The molecule has 0 radical (unpaired) electrons. The summed E-state index contributed by atoms with van der Waals surface area (Å²) in [5.74, 6) is 0.819. The van der Waals surface area contributed by atoms with E-state index in [1.165, 1.54) is 11.3 Å². The van der Waals surface area contributed by atoms with Gasteiger partial charge in [-0.3, -0.25) is 0 Å². The zero-order valence-electron chi connectivity index (χ0n) is 11.5. The van der Waals surface area contributed by atoms with Gasteiger partial charge in [0, 0.05) is 10.4 Å². The maximum Gasteiger partial charge on any atom is 0.263 e. The number of nitrogens with zero attached hydrogens (tertiary/aromatic N) is 2. The predicted octanol–water partition coefficient (Wildman–Crippen LogP) is 3.12. The second kappa shape index (κ2) is 5.67. The van der Waals surface area contributed by atoms with Crippen LogP contribution in [-0.2, 0) is 5.60 Å². The Morgan fingerprint density at radius 3 is 2.76 bits per heavy atom. The molecule has 5 nitrogen and oxygen atoms in total. The molecule has 1 atom stereocenters. The second-order valence-corrected chi connectivity index (χ2v) is 5.84. The highest BCUT2D eigenvalue weighted by molar-refractivity contribution is 7.10. The van der Waals surface area contributed by atoms with Crippen molar-refractivity contribution in [3.8, 4) is 11.5 Å². The molecule has 0 aliphatic rings. The van der Waals surface area contributed by atoms with Gasteiger partial charge in [0.2, 0.25) is 0 Å². The molecule has 1 aromatic carbocycles. The average molecular weight is 301 g/mol. The van der Waals surface area contributed by atoms with Gasteiger partial charge in [-0.15, -0.1) is 11.3 Å². The molecule has 2 N–H and O–H groups in total. The molecule has 0 saturated carbocycles. The molecule has 0 saturated heterocycles. The standard InChI is InChI=1S/C15H15N3O2S/c1-15(19,12-8-5-9-21-12)10-16-14-17-13(20-18-14)11-6-3-2-4-7-11/h2-9,19H,10H2,1H3,(H,16,18). The van der Waals surface area contributed by atoms with Gasteiger partial charge < -0.3 is 14.9 Å². The summed E-state index contributed by atoms with van der Waals surface area (Å²) in [6.07, 6.45) is 0. The van der Waals surface area contributed by atoms with Crippen molar-refractivity contribution < 1.29 is 9.63 Å². The minimum Gasteiger partial charge on any atom is -0.383 e. The van der Waals surface area contributed by atoms with Crippen molar-refractivity contribution in [3.05, 3.63) is 52.7 Å². The smallest absolute Gasteiger partial charge is 0.263 e. The fourth-order valence-corrected chi connectivity index (χ4v) is 2.70. The lowest BCUT2D eigenvalue weighted by molar-refractivity contribution is 0.0752. The molecule has 21 heavy (non-hydrogen) atoms. The molecule has 0 amide bonds.